The fourth-order valence-corrected chi connectivity index (χ4v) is 2.80. The Hall–Kier alpha value is -1.64. The van der Waals surface area contributed by atoms with Gasteiger partial charge in [0, 0.05) is 13.5 Å². The van der Waals surface area contributed by atoms with Gasteiger partial charge in [0.1, 0.15) is 5.60 Å². The standard InChI is InChI=1S/C17H27NO6S/c1-7-8-15(23-18(6)16(19)22-17(3,4)5)24-25(20,21)14-11-9-13(2)10-12-14/h9-12,15H,7-8H2,1-6H3. The summed E-state index contributed by atoms with van der Waals surface area (Å²) >= 11 is 0. The molecular weight excluding hydrogens is 346 g/mol. The molecule has 1 rings (SSSR count). The van der Waals surface area contributed by atoms with Crippen molar-refractivity contribution in [2.45, 2.75) is 64.2 Å². The first-order valence-corrected chi connectivity index (χ1v) is 9.49. The minimum Gasteiger partial charge on any atom is -0.442 e. The van der Waals surface area contributed by atoms with Crippen LogP contribution in [0.3, 0.4) is 0 Å². The highest BCUT2D eigenvalue weighted by Crippen LogP contribution is 2.19. The third-order valence-electron chi connectivity index (χ3n) is 2.99. The molecule has 142 valence electrons. The van der Waals surface area contributed by atoms with Gasteiger partial charge in [0.05, 0.1) is 4.90 Å². The Balaban J connectivity index is 2.82. The Morgan fingerprint density at radius 1 is 1.20 bits per heavy atom. The third-order valence-corrected chi connectivity index (χ3v) is 4.31. The van der Waals surface area contributed by atoms with Crippen molar-refractivity contribution in [1.29, 1.82) is 0 Å². The van der Waals surface area contributed by atoms with Crippen LogP contribution in [0.5, 0.6) is 0 Å². The average molecular weight is 373 g/mol. The van der Waals surface area contributed by atoms with Gasteiger partial charge in [-0.3, -0.25) is 0 Å². The number of aryl methyl sites for hydroxylation is 1. The first-order valence-electron chi connectivity index (χ1n) is 8.08. The normalized spacial score (nSPS) is 13.4. The maximum absolute atomic E-state index is 12.4. The van der Waals surface area contributed by atoms with E-state index in [1.807, 2.05) is 13.8 Å². The Morgan fingerprint density at radius 3 is 2.24 bits per heavy atom. The van der Waals surface area contributed by atoms with E-state index >= 15 is 0 Å². The summed E-state index contributed by atoms with van der Waals surface area (Å²) in [6.45, 7) is 8.88. The molecule has 1 aromatic carbocycles. The topological polar surface area (TPSA) is 82.1 Å². The lowest BCUT2D eigenvalue weighted by Crippen LogP contribution is -2.38. The van der Waals surface area contributed by atoms with E-state index < -0.39 is 28.1 Å². The quantitative estimate of drug-likeness (QED) is 0.412. The van der Waals surface area contributed by atoms with Crippen LogP contribution in [0.25, 0.3) is 0 Å². The maximum Gasteiger partial charge on any atom is 0.434 e. The highest BCUT2D eigenvalue weighted by Gasteiger charge is 2.27. The third kappa shape index (κ3) is 7.41. The molecular formula is C17H27NO6S. The molecule has 1 atom stereocenters. The number of hydrogen-bond donors (Lipinski definition) is 0. The largest absolute Gasteiger partial charge is 0.442 e. The van der Waals surface area contributed by atoms with Crippen molar-refractivity contribution >= 4 is 16.2 Å². The highest BCUT2D eigenvalue weighted by atomic mass is 32.2. The molecule has 7 nitrogen and oxygen atoms in total. The van der Waals surface area contributed by atoms with Crippen molar-refractivity contribution in [2.24, 2.45) is 0 Å². The monoisotopic (exact) mass is 373 g/mol. The zero-order chi connectivity index (χ0) is 19.3. The number of carbonyl (C=O) groups excluding carboxylic acids is 1. The predicted molar refractivity (Wildman–Crippen MR) is 93.2 cm³/mol. The first-order chi connectivity index (χ1) is 11.4. The maximum atomic E-state index is 12.4. The molecule has 0 fully saturated rings. The van der Waals surface area contributed by atoms with E-state index in [0.29, 0.717) is 6.42 Å². The van der Waals surface area contributed by atoms with Gasteiger partial charge < -0.3 is 4.74 Å². The molecule has 0 aliphatic carbocycles. The number of ether oxygens (including phenoxy) is 1. The number of benzene rings is 1. The summed E-state index contributed by atoms with van der Waals surface area (Å²) < 4.78 is 35.1. The van der Waals surface area contributed by atoms with E-state index in [-0.39, 0.29) is 11.3 Å². The van der Waals surface area contributed by atoms with Crippen LogP contribution in [0, 0.1) is 6.92 Å². The van der Waals surface area contributed by atoms with Gasteiger partial charge in [0.2, 0.25) is 6.29 Å². The van der Waals surface area contributed by atoms with Crippen LogP contribution >= 0.6 is 0 Å². The molecule has 0 aliphatic rings. The second-order valence-electron chi connectivity index (χ2n) is 6.66. The molecule has 25 heavy (non-hydrogen) atoms. The van der Waals surface area contributed by atoms with E-state index in [4.69, 9.17) is 13.8 Å². The molecule has 0 spiro atoms. The Morgan fingerprint density at radius 2 is 1.76 bits per heavy atom. The molecule has 0 saturated heterocycles. The first kappa shape index (κ1) is 21.4. The molecule has 0 radical (unpaired) electrons. The number of amides is 1. The van der Waals surface area contributed by atoms with E-state index in [2.05, 4.69) is 0 Å². The van der Waals surface area contributed by atoms with Crippen molar-refractivity contribution in [3.8, 4) is 0 Å². The number of rotatable bonds is 7. The molecule has 1 amide bonds. The Kier molecular flexibility index (Phi) is 7.40. The van der Waals surface area contributed by atoms with Crippen LogP contribution < -0.4 is 0 Å². The molecule has 0 saturated carbocycles. The molecule has 1 unspecified atom stereocenters. The van der Waals surface area contributed by atoms with Gasteiger partial charge in [-0.1, -0.05) is 31.0 Å². The molecule has 0 bridgehead atoms. The molecule has 0 heterocycles. The Bertz CT molecular complexity index is 663. The SMILES string of the molecule is CCCC(ON(C)C(=O)OC(C)(C)C)OS(=O)(=O)c1ccc(C)cc1. The van der Waals surface area contributed by atoms with Crippen LogP contribution in [-0.2, 0) is 23.9 Å². The van der Waals surface area contributed by atoms with Crippen molar-refractivity contribution in [3.05, 3.63) is 29.8 Å². The lowest BCUT2D eigenvalue weighted by atomic mass is 10.2. The summed E-state index contributed by atoms with van der Waals surface area (Å²) in [6.07, 6.45) is -0.965. The summed E-state index contributed by atoms with van der Waals surface area (Å²) in [4.78, 5) is 17.3. The van der Waals surface area contributed by atoms with Gasteiger partial charge >= 0.3 is 6.09 Å². The van der Waals surface area contributed by atoms with Crippen LogP contribution in [0.4, 0.5) is 4.79 Å². The Labute approximate surface area is 149 Å². The molecule has 8 heteroatoms. The van der Waals surface area contributed by atoms with Crippen molar-refractivity contribution in [2.75, 3.05) is 7.05 Å². The highest BCUT2D eigenvalue weighted by molar-refractivity contribution is 7.86. The number of hydrogen-bond acceptors (Lipinski definition) is 6. The van der Waals surface area contributed by atoms with Gasteiger partial charge in [-0.15, -0.1) is 0 Å². The molecule has 0 N–H and O–H groups in total. The minimum atomic E-state index is -4.01. The van der Waals surface area contributed by atoms with E-state index in [1.54, 1.807) is 32.9 Å². The fraction of sp³-hybridized carbons (Fsp3) is 0.588. The second-order valence-corrected chi connectivity index (χ2v) is 8.24. The zero-order valence-electron chi connectivity index (χ0n) is 15.6. The zero-order valence-corrected chi connectivity index (χ0v) is 16.4. The van der Waals surface area contributed by atoms with Gasteiger partial charge in [-0.25, -0.2) is 13.8 Å². The smallest absolute Gasteiger partial charge is 0.434 e. The average Bonchev–Trinajstić information content (AvgIpc) is 2.45. The van der Waals surface area contributed by atoms with E-state index in [1.165, 1.54) is 19.2 Å². The van der Waals surface area contributed by atoms with E-state index in [9.17, 15) is 13.2 Å². The second kappa shape index (κ2) is 8.64. The molecule has 0 aliphatic heterocycles. The number of nitrogens with zero attached hydrogens (tertiary/aromatic N) is 1. The summed E-state index contributed by atoms with van der Waals surface area (Å²) in [5.74, 6) is 0. The van der Waals surface area contributed by atoms with Crippen molar-refractivity contribution in [3.63, 3.8) is 0 Å². The summed E-state index contributed by atoms with van der Waals surface area (Å²) in [5.41, 5.74) is 0.244. The van der Waals surface area contributed by atoms with Gasteiger partial charge in [-0.2, -0.15) is 13.5 Å². The minimum absolute atomic E-state index is 0.0303. The summed E-state index contributed by atoms with van der Waals surface area (Å²) in [7, 11) is -2.66. The van der Waals surface area contributed by atoms with Gasteiger partial charge in [0.25, 0.3) is 10.1 Å². The lowest BCUT2D eigenvalue weighted by molar-refractivity contribution is -0.226. The van der Waals surface area contributed by atoms with Crippen LogP contribution in [0.2, 0.25) is 0 Å². The lowest BCUT2D eigenvalue weighted by Gasteiger charge is -2.26. The molecule has 0 aromatic heterocycles. The summed E-state index contributed by atoms with van der Waals surface area (Å²) in [5, 5.41) is 0.843. The number of carbonyl (C=O) groups is 1. The summed E-state index contributed by atoms with van der Waals surface area (Å²) in [6, 6.07) is 6.29. The van der Waals surface area contributed by atoms with Crippen LogP contribution in [0.15, 0.2) is 29.2 Å². The number of hydroxylamine groups is 2. The predicted octanol–water partition coefficient (Wildman–Crippen LogP) is 3.63. The van der Waals surface area contributed by atoms with Gasteiger partial charge in [-0.05, 0) is 39.8 Å². The van der Waals surface area contributed by atoms with E-state index in [0.717, 1.165) is 10.6 Å². The molecule has 1 aromatic rings. The van der Waals surface area contributed by atoms with Crippen LogP contribution in [-0.4, -0.2) is 38.5 Å². The van der Waals surface area contributed by atoms with Crippen molar-refractivity contribution in [1.82, 2.24) is 5.06 Å². The van der Waals surface area contributed by atoms with Gasteiger partial charge in [0.15, 0.2) is 0 Å². The fourth-order valence-electron chi connectivity index (χ4n) is 1.80. The van der Waals surface area contributed by atoms with Crippen LogP contribution in [0.1, 0.15) is 46.1 Å². The van der Waals surface area contributed by atoms with Crippen molar-refractivity contribution < 1.29 is 27.0 Å².